The summed E-state index contributed by atoms with van der Waals surface area (Å²) in [4.78, 5) is 18.2. The molecule has 1 aliphatic carbocycles. The molecular formula is C13H10BrFN2O2. The first-order valence-corrected chi connectivity index (χ1v) is 6.56. The summed E-state index contributed by atoms with van der Waals surface area (Å²) >= 11 is 3.28. The zero-order chi connectivity index (χ0) is 13.6. The van der Waals surface area contributed by atoms with E-state index in [1.807, 2.05) is 0 Å². The zero-order valence-electron chi connectivity index (χ0n) is 9.78. The first kappa shape index (κ1) is 12.3. The number of benzene rings is 1. The molecule has 0 amide bonds. The second kappa shape index (κ2) is 4.16. The molecule has 2 N–H and O–H groups in total. The van der Waals surface area contributed by atoms with Gasteiger partial charge in [0.05, 0.1) is 11.9 Å². The van der Waals surface area contributed by atoms with E-state index in [-0.39, 0.29) is 5.82 Å². The van der Waals surface area contributed by atoms with E-state index in [1.54, 1.807) is 12.1 Å². The van der Waals surface area contributed by atoms with Gasteiger partial charge in [-0.05, 0) is 31.0 Å². The van der Waals surface area contributed by atoms with Crippen molar-refractivity contribution in [3.63, 3.8) is 0 Å². The molecule has 1 fully saturated rings. The lowest BCUT2D eigenvalue weighted by Gasteiger charge is -2.05. The molecule has 4 nitrogen and oxygen atoms in total. The molecule has 3 rings (SSSR count). The SMILES string of the molecule is O=C(O)C1(c2ncc(-c3cc(Br)ccc3F)[nH]2)CC1. The number of nitrogens with zero attached hydrogens (tertiary/aromatic N) is 1. The highest BCUT2D eigenvalue weighted by atomic mass is 79.9. The van der Waals surface area contributed by atoms with Crippen LogP contribution in [0.25, 0.3) is 11.3 Å². The molecule has 19 heavy (non-hydrogen) atoms. The van der Waals surface area contributed by atoms with Gasteiger partial charge in [-0.3, -0.25) is 4.79 Å². The average molecular weight is 325 g/mol. The summed E-state index contributed by atoms with van der Waals surface area (Å²) < 4.78 is 14.5. The van der Waals surface area contributed by atoms with Crippen LogP contribution in [-0.2, 0) is 10.2 Å². The third-order valence-corrected chi connectivity index (χ3v) is 3.90. The van der Waals surface area contributed by atoms with Crippen molar-refractivity contribution in [3.05, 3.63) is 40.5 Å². The molecule has 0 bridgehead atoms. The van der Waals surface area contributed by atoms with Crippen molar-refractivity contribution >= 4 is 21.9 Å². The fourth-order valence-electron chi connectivity index (χ4n) is 2.08. The fraction of sp³-hybridized carbons (Fsp3) is 0.231. The molecular weight excluding hydrogens is 315 g/mol. The number of carboxylic acid groups (broad SMARTS) is 1. The summed E-state index contributed by atoms with van der Waals surface area (Å²) in [5, 5.41) is 9.19. The van der Waals surface area contributed by atoms with Gasteiger partial charge in [0.25, 0.3) is 0 Å². The van der Waals surface area contributed by atoms with E-state index in [1.165, 1.54) is 12.3 Å². The molecule has 1 saturated carbocycles. The number of aliphatic carboxylic acids is 1. The number of rotatable bonds is 3. The van der Waals surface area contributed by atoms with Gasteiger partial charge in [-0.25, -0.2) is 9.37 Å². The normalized spacial score (nSPS) is 16.3. The van der Waals surface area contributed by atoms with Gasteiger partial charge in [0.2, 0.25) is 0 Å². The van der Waals surface area contributed by atoms with Crippen LogP contribution in [0, 0.1) is 5.82 Å². The van der Waals surface area contributed by atoms with E-state index in [0.717, 1.165) is 4.47 Å². The Kier molecular flexibility index (Phi) is 2.70. The summed E-state index contributed by atoms with van der Waals surface area (Å²) in [7, 11) is 0. The van der Waals surface area contributed by atoms with Crippen LogP contribution < -0.4 is 0 Å². The molecule has 1 aromatic heterocycles. The summed E-state index contributed by atoms with van der Waals surface area (Å²) in [5.41, 5.74) is -0.0450. The predicted octanol–water partition coefficient (Wildman–Crippen LogP) is 3.09. The number of halogens is 2. The van der Waals surface area contributed by atoms with Crippen molar-refractivity contribution < 1.29 is 14.3 Å². The van der Waals surface area contributed by atoms with Crippen molar-refractivity contribution in [1.29, 1.82) is 0 Å². The molecule has 1 heterocycles. The minimum atomic E-state index is -0.902. The highest BCUT2D eigenvalue weighted by Crippen LogP contribution is 2.47. The minimum Gasteiger partial charge on any atom is -0.480 e. The Hall–Kier alpha value is -1.69. The first-order valence-electron chi connectivity index (χ1n) is 5.77. The van der Waals surface area contributed by atoms with Gasteiger partial charge in [0.1, 0.15) is 17.1 Å². The molecule has 2 aromatic rings. The van der Waals surface area contributed by atoms with Crippen molar-refractivity contribution in [2.45, 2.75) is 18.3 Å². The van der Waals surface area contributed by atoms with Gasteiger partial charge in [0.15, 0.2) is 0 Å². The topological polar surface area (TPSA) is 66.0 Å². The van der Waals surface area contributed by atoms with Gasteiger partial charge >= 0.3 is 5.97 Å². The molecule has 1 aliphatic rings. The van der Waals surface area contributed by atoms with Gasteiger partial charge < -0.3 is 10.1 Å². The van der Waals surface area contributed by atoms with E-state index in [4.69, 9.17) is 0 Å². The Labute approximate surface area is 116 Å². The number of H-pyrrole nitrogens is 1. The molecule has 0 atom stereocenters. The van der Waals surface area contributed by atoms with E-state index in [2.05, 4.69) is 25.9 Å². The van der Waals surface area contributed by atoms with E-state index < -0.39 is 11.4 Å². The summed E-state index contributed by atoms with van der Waals surface area (Å²) in [6.45, 7) is 0. The Balaban J connectivity index is 2.02. The third kappa shape index (κ3) is 1.96. The monoisotopic (exact) mass is 324 g/mol. The molecule has 6 heteroatoms. The molecule has 0 saturated heterocycles. The van der Waals surface area contributed by atoms with Crippen LogP contribution in [0.2, 0.25) is 0 Å². The molecule has 0 spiro atoms. The lowest BCUT2D eigenvalue weighted by Crippen LogP contribution is -2.20. The van der Waals surface area contributed by atoms with Crippen molar-refractivity contribution in [1.82, 2.24) is 9.97 Å². The number of carboxylic acids is 1. The molecule has 98 valence electrons. The van der Waals surface area contributed by atoms with Crippen LogP contribution in [0.5, 0.6) is 0 Å². The summed E-state index contributed by atoms with van der Waals surface area (Å²) in [6.07, 6.45) is 2.61. The quantitative estimate of drug-likeness (QED) is 0.911. The average Bonchev–Trinajstić information content (AvgIpc) is 3.05. The number of carbonyl (C=O) groups is 1. The van der Waals surface area contributed by atoms with Crippen LogP contribution in [0.3, 0.4) is 0 Å². The lowest BCUT2D eigenvalue weighted by molar-refractivity contribution is -0.140. The number of nitrogens with one attached hydrogen (secondary N) is 1. The number of hydrogen-bond acceptors (Lipinski definition) is 2. The number of aromatic nitrogens is 2. The number of hydrogen-bond donors (Lipinski definition) is 2. The standard InChI is InChI=1S/C13H10BrFN2O2/c14-7-1-2-9(15)8(5-7)10-6-16-11(17-10)13(3-4-13)12(18)19/h1-2,5-6H,3-4H2,(H,16,17)(H,18,19). The highest BCUT2D eigenvalue weighted by molar-refractivity contribution is 9.10. The highest BCUT2D eigenvalue weighted by Gasteiger charge is 2.54. The van der Waals surface area contributed by atoms with Crippen molar-refractivity contribution in [2.24, 2.45) is 0 Å². The van der Waals surface area contributed by atoms with E-state index >= 15 is 0 Å². The molecule has 0 radical (unpaired) electrons. The van der Waals surface area contributed by atoms with Crippen molar-refractivity contribution in [2.75, 3.05) is 0 Å². The minimum absolute atomic E-state index is 0.370. The Morgan fingerprint density at radius 2 is 2.21 bits per heavy atom. The van der Waals surface area contributed by atoms with Gasteiger partial charge in [-0.1, -0.05) is 15.9 Å². The fourth-order valence-corrected chi connectivity index (χ4v) is 2.44. The first-order chi connectivity index (χ1) is 9.03. The predicted molar refractivity (Wildman–Crippen MR) is 70.2 cm³/mol. The van der Waals surface area contributed by atoms with Gasteiger partial charge in [-0.15, -0.1) is 0 Å². The maximum atomic E-state index is 13.8. The second-order valence-electron chi connectivity index (χ2n) is 4.66. The van der Waals surface area contributed by atoms with Crippen LogP contribution in [0.1, 0.15) is 18.7 Å². The van der Waals surface area contributed by atoms with E-state index in [9.17, 15) is 14.3 Å². The van der Waals surface area contributed by atoms with Crippen molar-refractivity contribution in [3.8, 4) is 11.3 Å². The molecule has 1 aromatic carbocycles. The molecule has 0 aliphatic heterocycles. The maximum Gasteiger partial charge on any atom is 0.317 e. The third-order valence-electron chi connectivity index (χ3n) is 3.41. The smallest absolute Gasteiger partial charge is 0.317 e. The largest absolute Gasteiger partial charge is 0.480 e. The Bertz CT molecular complexity index is 664. The van der Waals surface area contributed by atoms with Crippen LogP contribution >= 0.6 is 15.9 Å². The van der Waals surface area contributed by atoms with Gasteiger partial charge in [0, 0.05) is 10.0 Å². The Morgan fingerprint density at radius 3 is 2.84 bits per heavy atom. The number of aromatic amines is 1. The van der Waals surface area contributed by atoms with Crippen LogP contribution in [-0.4, -0.2) is 21.0 Å². The van der Waals surface area contributed by atoms with Crippen LogP contribution in [0.15, 0.2) is 28.9 Å². The second-order valence-corrected chi connectivity index (χ2v) is 5.57. The molecule has 0 unspecified atom stereocenters. The zero-order valence-corrected chi connectivity index (χ0v) is 11.4. The Morgan fingerprint density at radius 1 is 1.47 bits per heavy atom. The summed E-state index contributed by atoms with van der Waals surface area (Å²) in [6, 6.07) is 4.59. The van der Waals surface area contributed by atoms with Gasteiger partial charge in [-0.2, -0.15) is 0 Å². The number of imidazole rings is 1. The maximum absolute atomic E-state index is 13.8. The van der Waals surface area contributed by atoms with Crippen LogP contribution in [0.4, 0.5) is 4.39 Å². The lowest BCUT2D eigenvalue weighted by atomic mass is 10.1. The summed E-state index contributed by atoms with van der Waals surface area (Å²) in [5.74, 6) is -0.865. The van der Waals surface area contributed by atoms with E-state index in [0.29, 0.717) is 29.9 Å².